The molecule has 0 amide bonds. The smallest absolute Gasteiger partial charge is 0.337 e. The largest absolute Gasteiger partial charge is 0.481 e. The molecule has 2 aromatic heterocycles. The average Bonchev–Trinajstić information content (AvgIpc) is 3.38. The minimum Gasteiger partial charge on any atom is -0.481 e. The van der Waals surface area contributed by atoms with Crippen molar-refractivity contribution in [1.82, 2.24) is 9.55 Å². The van der Waals surface area contributed by atoms with Crippen LogP contribution in [0.1, 0.15) is 85.3 Å². The number of benzene rings is 1. The molecule has 1 aromatic carbocycles. The number of fused-ring (bicyclic) bond motifs is 6. The maximum absolute atomic E-state index is 12.1. The Balaban J connectivity index is 1.68. The van der Waals surface area contributed by atoms with Crippen molar-refractivity contribution < 1.29 is 19.8 Å². The lowest BCUT2D eigenvalue weighted by atomic mass is 9.69. The number of hydrogen-bond donors (Lipinski definition) is 3. The van der Waals surface area contributed by atoms with Gasteiger partial charge in [0.25, 0.3) is 0 Å². The summed E-state index contributed by atoms with van der Waals surface area (Å²) in [6.07, 6.45) is 10.9. The molecule has 176 valence electrons. The molecule has 3 atom stereocenters. The van der Waals surface area contributed by atoms with Gasteiger partial charge in [-0.3, -0.25) is 4.79 Å². The zero-order chi connectivity index (χ0) is 23.6. The van der Waals surface area contributed by atoms with Gasteiger partial charge in [0.05, 0.1) is 17.0 Å². The standard InChI is InChI=1S/C28H30N2O4/c1-15-18(27(31)32)10-11-20-24(15)23-12-17-8-5-9-19(16-6-3-2-4-7-16)26(17)30(23)14-22-21(28(33)34)13-29-25(20)22/h5,8-9,12-16,18,24,29H,2-4,6-7,10-11H2,1H3,(H,31,32)(H,33,34)/t15?,18?,24-/m0/s1. The summed E-state index contributed by atoms with van der Waals surface area (Å²) in [6.45, 7) is 2.04. The van der Waals surface area contributed by atoms with Crippen LogP contribution in [-0.2, 0) is 4.79 Å². The molecule has 3 aliphatic rings. The van der Waals surface area contributed by atoms with Gasteiger partial charge in [0, 0.05) is 40.0 Å². The van der Waals surface area contributed by atoms with Crippen molar-refractivity contribution in [2.45, 2.75) is 63.7 Å². The number of aliphatic carboxylic acids is 1. The zero-order valence-electron chi connectivity index (χ0n) is 19.4. The summed E-state index contributed by atoms with van der Waals surface area (Å²) < 4.78 is 2.21. The maximum Gasteiger partial charge on any atom is 0.337 e. The quantitative estimate of drug-likeness (QED) is 0.543. The lowest BCUT2D eigenvalue weighted by Gasteiger charge is -2.36. The topological polar surface area (TPSA) is 95.3 Å². The van der Waals surface area contributed by atoms with Gasteiger partial charge in [-0.2, -0.15) is 0 Å². The predicted octanol–water partition coefficient (Wildman–Crippen LogP) is 4.38. The van der Waals surface area contributed by atoms with Crippen LogP contribution in [-0.4, -0.2) is 31.7 Å². The van der Waals surface area contributed by atoms with E-state index in [1.165, 1.54) is 37.7 Å². The first kappa shape index (κ1) is 21.3. The van der Waals surface area contributed by atoms with Gasteiger partial charge in [-0.25, -0.2) is 4.79 Å². The van der Waals surface area contributed by atoms with E-state index in [4.69, 9.17) is 0 Å². The molecule has 3 N–H and O–H groups in total. The van der Waals surface area contributed by atoms with Crippen LogP contribution in [0, 0.1) is 11.8 Å². The number of H-pyrrole nitrogens is 1. The highest BCUT2D eigenvalue weighted by Gasteiger charge is 2.41. The van der Waals surface area contributed by atoms with Crippen molar-refractivity contribution in [3.05, 3.63) is 57.9 Å². The lowest BCUT2D eigenvalue weighted by Crippen LogP contribution is -2.36. The number of carboxylic acid groups (broad SMARTS) is 2. The highest BCUT2D eigenvalue weighted by molar-refractivity contribution is 5.91. The van der Waals surface area contributed by atoms with Gasteiger partial charge in [-0.05, 0) is 54.7 Å². The fourth-order valence-corrected chi connectivity index (χ4v) is 6.95. The number of carboxylic acids is 2. The van der Waals surface area contributed by atoms with Gasteiger partial charge in [0.2, 0.25) is 0 Å². The first-order valence-electron chi connectivity index (χ1n) is 12.5. The average molecular weight is 459 g/mol. The van der Waals surface area contributed by atoms with Crippen molar-refractivity contribution in [1.29, 1.82) is 0 Å². The maximum atomic E-state index is 12.1. The molecule has 6 nitrogen and oxygen atoms in total. The fraction of sp³-hybridized carbons (Fsp3) is 0.429. The van der Waals surface area contributed by atoms with E-state index in [9.17, 15) is 19.8 Å². The monoisotopic (exact) mass is 458 g/mol. The van der Waals surface area contributed by atoms with Gasteiger partial charge < -0.3 is 19.8 Å². The molecule has 2 unspecified atom stereocenters. The molecule has 0 bridgehead atoms. The summed E-state index contributed by atoms with van der Waals surface area (Å²) in [6, 6.07) is 8.71. The second-order valence-electron chi connectivity index (χ2n) is 10.3. The highest BCUT2D eigenvalue weighted by atomic mass is 16.4. The molecule has 2 fully saturated rings. The van der Waals surface area contributed by atoms with Crippen LogP contribution < -0.4 is 10.6 Å². The number of aromatic nitrogens is 2. The summed E-state index contributed by atoms with van der Waals surface area (Å²) in [5, 5.41) is 22.5. The molecular formula is C28H30N2O4. The Bertz CT molecular complexity index is 1440. The minimum atomic E-state index is -0.953. The summed E-state index contributed by atoms with van der Waals surface area (Å²) in [4.78, 5) is 27.5. The van der Waals surface area contributed by atoms with Crippen LogP contribution in [0.4, 0.5) is 0 Å². The molecule has 0 spiro atoms. The molecule has 6 heteroatoms. The molecule has 6 rings (SSSR count). The SMILES string of the molecule is CC1C(C(=O)O)CCC2=c3[nH]cc(C(=O)O)c3=Cn3c(cc4cccc(C5CCCCC5)c43)[C@H]21. The van der Waals surface area contributed by atoms with E-state index >= 15 is 0 Å². The summed E-state index contributed by atoms with van der Waals surface area (Å²) >= 11 is 0. The number of para-hydroxylation sites is 1. The second kappa shape index (κ2) is 7.90. The zero-order valence-corrected chi connectivity index (χ0v) is 19.4. The van der Waals surface area contributed by atoms with Gasteiger partial charge >= 0.3 is 11.9 Å². The number of aromatic amines is 1. The van der Waals surface area contributed by atoms with Gasteiger partial charge in [0.1, 0.15) is 0 Å². The van der Waals surface area contributed by atoms with E-state index in [2.05, 4.69) is 33.8 Å². The van der Waals surface area contributed by atoms with E-state index in [1.807, 2.05) is 13.1 Å². The van der Waals surface area contributed by atoms with E-state index in [0.29, 0.717) is 24.0 Å². The van der Waals surface area contributed by atoms with Crippen molar-refractivity contribution in [2.24, 2.45) is 11.8 Å². The predicted molar refractivity (Wildman–Crippen MR) is 130 cm³/mol. The molecule has 3 heterocycles. The van der Waals surface area contributed by atoms with Gasteiger partial charge in [-0.1, -0.05) is 44.4 Å². The molecule has 0 saturated heterocycles. The summed E-state index contributed by atoms with van der Waals surface area (Å²) in [7, 11) is 0. The molecular weight excluding hydrogens is 428 g/mol. The Kier molecular flexibility index (Phi) is 4.94. The Hall–Kier alpha value is -3.28. The Morgan fingerprint density at radius 1 is 1.09 bits per heavy atom. The Morgan fingerprint density at radius 3 is 2.62 bits per heavy atom. The van der Waals surface area contributed by atoms with E-state index < -0.39 is 17.9 Å². The van der Waals surface area contributed by atoms with Crippen molar-refractivity contribution in [3.63, 3.8) is 0 Å². The molecule has 3 aromatic rings. The normalized spacial score (nSPS) is 24.6. The first-order chi connectivity index (χ1) is 16.5. The van der Waals surface area contributed by atoms with Crippen LogP contribution in [0.2, 0.25) is 0 Å². The number of hydrogen-bond acceptors (Lipinski definition) is 2. The van der Waals surface area contributed by atoms with Crippen molar-refractivity contribution >= 4 is 34.6 Å². The summed E-state index contributed by atoms with van der Waals surface area (Å²) in [5.41, 5.74) is 4.95. The number of carbonyl (C=O) groups is 2. The highest BCUT2D eigenvalue weighted by Crippen LogP contribution is 2.48. The van der Waals surface area contributed by atoms with E-state index in [0.717, 1.165) is 27.5 Å². The molecule has 2 aliphatic carbocycles. The van der Waals surface area contributed by atoms with E-state index in [-0.39, 0.29) is 17.4 Å². The van der Waals surface area contributed by atoms with E-state index in [1.54, 1.807) is 6.20 Å². The molecule has 34 heavy (non-hydrogen) atoms. The van der Waals surface area contributed by atoms with Crippen LogP contribution in [0.3, 0.4) is 0 Å². The number of nitrogens with one attached hydrogen (secondary N) is 1. The third-order valence-electron chi connectivity index (χ3n) is 8.59. The van der Waals surface area contributed by atoms with Crippen molar-refractivity contribution in [2.75, 3.05) is 0 Å². The summed E-state index contributed by atoms with van der Waals surface area (Å²) in [5.74, 6) is -1.81. The van der Waals surface area contributed by atoms with Crippen LogP contribution in [0.15, 0.2) is 30.5 Å². The van der Waals surface area contributed by atoms with Gasteiger partial charge in [0.15, 0.2) is 0 Å². The number of aromatic carboxylic acids is 1. The lowest BCUT2D eigenvalue weighted by molar-refractivity contribution is -0.144. The van der Waals surface area contributed by atoms with Crippen LogP contribution in [0.5, 0.6) is 0 Å². The number of nitrogens with zero attached hydrogens (tertiary/aromatic N) is 1. The second-order valence-corrected chi connectivity index (χ2v) is 10.3. The molecule has 0 radical (unpaired) electrons. The van der Waals surface area contributed by atoms with Crippen molar-refractivity contribution in [3.8, 4) is 0 Å². The van der Waals surface area contributed by atoms with Gasteiger partial charge in [-0.15, -0.1) is 0 Å². The Morgan fingerprint density at radius 2 is 1.88 bits per heavy atom. The third-order valence-corrected chi connectivity index (χ3v) is 8.59. The Labute approximate surface area is 197 Å². The molecule has 1 aliphatic heterocycles. The van der Waals surface area contributed by atoms with Crippen LogP contribution in [0.25, 0.3) is 22.7 Å². The third kappa shape index (κ3) is 3.07. The minimum absolute atomic E-state index is 0.0840. The fourth-order valence-electron chi connectivity index (χ4n) is 6.95. The molecule has 2 saturated carbocycles. The van der Waals surface area contributed by atoms with Crippen LogP contribution >= 0.6 is 0 Å². The number of rotatable bonds is 3. The first-order valence-corrected chi connectivity index (χ1v) is 12.5.